The van der Waals surface area contributed by atoms with Gasteiger partial charge >= 0.3 is 0 Å². The van der Waals surface area contributed by atoms with Crippen molar-refractivity contribution in [3.8, 4) is 0 Å². The third-order valence-corrected chi connectivity index (χ3v) is 2.61. The first-order valence-corrected chi connectivity index (χ1v) is 4.99. The van der Waals surface area contributed by atoms with Crippen molar-refractivity contribution < 1.29 is 9.90 Å². The van der Waals surface area contributed by atoms with Crippen LogP contribution in [0.4, 0.5) is 5.69 Å². The maximum absolute atomic E-state index is 11.9. The number of benzene rings is 1. The molecule has 4 heteroatoms. The first-order chi connectivity index (χ1) is 7.16. The summed E-state index contributed by atoms with van der Waals surface area (Å²) < 4.78 is 0. The standard InChI is InChI=1S/C11H14N2O2/c12-9-3-1-8(2-4-9)11(15)13-6-5-10(14)7-13/h1-4,10,14H,5-7,12H2/t10-/m0/s1. The van der Waals surface area contributed by atoms with Gasteiger partial charge in [0, 0.05) is 24.3 Å². The Bertz CT molecular complexity index is 361. The fraction of sp³-hybridized carbons (Fsp3) is 0.364. The summed E-state index contributed by atoms with van der Waals surface area (Å²) in [6.07, 6.45) is 0.295. The second kappa shape index (κ2) is 3.90. The van der Waals surface area contributed by atoms with Crippen molar-refractivity contribution in [2.75, 3.05) is 18.8 Å². The average molecular weight is 206 g/mol. The van der Waals surface area contributed by atoms with E-state index in [2.05, 4.69) is 0 Å². The normalized spacial score (nSPS) is 20.6. The van der Waals surface area contributed by atoms with Gasteiger partial charge in [0.25, 0.3) is 5.91 Å². The molecule has 1 fully saturated rings. The summed E-state index contributed by atoms with van der Waals surface area (Å²) in [5.41, 5.74) is 6.81. The van der Waals surface area contributed by atoms with E-state index in [0.29, 0.717) is 30.8 Å². The van der Waals surface area contributed by atoms with Crippen LogP contribution in [0.2, 0.25) is 0 Å². The van der Waals surface area contributed by atoms with E-state index in [1.165, 1.54) is 0 Å². The summed E-state index contributed by atoms with van der Waals surface area (Å²) in [5.74, 6) is -0.0356. The van der Waals surface area contributed by atoms with Crippen LogP contribution in [-0.4, -0.2) is 35.1 Å². The number of β-amino-alcohol motifs (C(OH)–C–C–N with tert-alkyl or cyclic N) is 1. The maximum atomic E-state index is 11.9. The van der Waals surface area contributed by atoms with E-state index in [4.69, 9.17) is 5.73 Å². The second-order valence-corrected chi connectivity index (χ2v) is 3.82. The van der Waals surface area contributed by atoms with Crippen molar-refractivity contribution in [2.45, 2.75) is 12.5 Å². The third kappa shape index (κ3) is 2.10. The summed E-state index contributed by atoms with van der Waals surface area (Å²) in [6.45, 7) is 1.06. The highest BCUT2D eigenvalue weighted by Crippen LogP contribution is 2.14. The number of amides is 1. The van der Waals surface area contributed by atoms with Crippen LogP contribution in [-0.2, 0) is 0 Å². The van der Waals surface area contributed by atoms with Crippen LogP contribution >= 0.6 is 0 Å². The molecule has 15 heavy (non-hydrogen) atoms. The lowest BCUT2D eigenvalue weighted by Crippen LogP contribution is -2.29. The number of carbonyl (C=O) groups is 1. The predicted molar refractivity (Wildman–Crippen MR) is 57.4 cm³/mol. The molecule has 0 bridgehead atoms. The summed E-state index contributed by atoms with van der Waals surface area (Å²) in [4.78, 5) is 13.5. The number of hydrogen-bond acceptors (Lipinski definition) is 3. The summed E-state index contributed by atoms with van der Waals surface area (Å²) >= 11 is 0. The Morgan fingerprint density at radius 3 is 2.60 bits per heavy atom. The van der Waals surface area contributed by atoms with Crippen LogP contribution in [0.5, 0.6) is 0 Å². The Labute approximate surface area is 88.3 Å². The van der Waals surface area contributed by atoms with E-state index in [9.17, 15) is 9.90 Å². The lowest BCUT2D eigenvalue weighted by Gasteiger charge is -2.15. The zero-order chi connectivity index (χ0) is 10.8. The molecule has 0 saturated carbocycles. The monoisotopic (exact) mass is 206 g/mol. The Balaban J connectivity index is 2.11. The lowest BCUT2D eigenvalue weighted by atomic mass is 10.2. The highest BCUT2D eigenvalue weighted by Gasteiger charge is 2.25. The second-order valence-electron chi connectivity index (χ2n) is 3.82. The predicted octanol–water partition coefficient (Wildman–Crippen LogP) is 0.476. The molecule has 2 rings (SSSR count). The SMILES string of the molecule is Nc1ccc(C(=O)N2CC[C@H](O)C2)cc1. The highest BCUT2D eigenvalue weighted by molar-refractivity contribution is 5.94. The third-order valence-electron chi connectivity index (χ3n) is 2.61. The van der Waals surface area contributed by atoms with Crippen LogP contribution in [0.3, 0.4) is 0 Å². The van der Waals surface area contributed by atoms with Crippen LogP contribution < -0.4 is 5.73 Å². The molecule has 0 spiro atoms. The molecule has 1 aromatic carbocycles. The molecule has 80 valence electrons. The molecule has 0 unspecified atom stereocenters. The number of rotatable bonds is 1. The van der Waals surface area contributed by atoms with Gasteiger partial charge < -0.3 is 15.7 Å². The summed E-state index contributed by atoms with van der Waals surface area (Å²) in [6, 6.07) is 6.84. The van der Waals surface area contributed by atoms with E-state index in [-0.39, 0.29) is 12.0 Å². The topological polar surface area (TPSA) is 66.6 Å². The molecule has 1 saturated heterocycles. The van der Waals surface area contributed by atoms with Gasteiger partial charge in [-0.15, -0.1) is 0 Å². The molecule has 1 heterocycles. The van der Waals surface area contributed by atoms with Gasteiger partial charge in [0.05, 0.1) is 6.10 Å². The molecular formula is C11H14N2O2. The van der Waals surface area contributed by atoms with Crippen LogP contribution in [0.25, 0.3) is 0 Å². The maximum Gasteiger partial charge on any atom is 0.253 e. The van der Waals surface area contributed by atoms with Gasteiger partial charge in [-0.05, 0) is 30.7 Å². The van der Waals surface area contributed by atoms with Crippen LogP contribution in [0.1, 0.15) is 16.8 Å². The molecule has 1 aliphatic rings. The van der Waals surface area contributed by atoms with Gasteiger partial charge in [0.1, 0.15) is 0 Å². The van der Waals surface area contributed by atoms with Gasteiger partial charge in [0.15, 0.2) is 0 Å². The Kier molecular flexibility index (Phi) is 2.60. The summed E-state index contributed by atoms with van der Waals surface area (Å²) in [5, 5.41) is 9.33. The van der Waals surface area contributed by atoms with Gasteiger partial charge in [0.2, 0.25) is 0 Å². The lowest BCUT2D eigenvalue weighted by molar-refractivity contribution is 0.0765. The number of likely N-dealkylation sites (tertiary alicyclic amines) is 1. The first-order valence-electron chi connectivity index (χ1n) is 4.99. The number of aliphatic hydroxyl groups is 1. The largest absolute Gasteiger partial charge is 0.399 e. The minimum Gasteiger partial charge on any atom is -0.399 e. The molecule has 4 nitrogen and oxygen atoms in total. The molecule has 0 radical (unpaired) electrons. The quantitative estimate of drug-likeness (QED) is 0.657. The molecule has 0 aromatic heterocycles. The number of nitrogens with two attached hydrogens (primary N) is 1. The molecule has 3 N–H and O–H groups in total. The number of carbonyl (C=O) groups excluding carboxylic acids is 1. The van der Waals surface area contributed by atoms with E-state index < -0.39 is 0 Å². The van der Waals surface area contributed by atoms with Crippen molar-refractivity contribution >= 4 is 11.6 Å². The van der Waals surface area contributed by atoms with Crippen LogP contribution in [0, 0.1) is 0 Å². The van der Waals surface area contributed by atoms with E-state index in [1.807, 2.05) is 0 Å². The van der Waals surface area contributed by atoms with Crippen molar-refractivity contribution in [3.63, 3.8) is 0 Å². The van der Waals surface area contributed by atoms with Gasteiger partial charge in [-0.2, -0.15) is 0 Å². The average Bonchev–Trinajstić information content (AvgIpc) is 2.65. The van der Waals surface area contributed by atoms with Gasteiger partial charge in [-0.25, -0.2) is 0 Å². The van der Waals surface area contributed by atoms with Crippen LogP contribution in [0.15, 0.2) is 24.3 Å². The van der Waals surface area contributed by atoms with Crippen molar-refractivity contribution in [1.82, 2.24) is 4.90 Å². The number of anilines is 1. The zero-order valence-corrected chi connectivity index (χ0v) is 8.39. The Hall–Kier alpha value is -1.55. The minimum absolute atomic E-state index is 0.0356. The van der Waals surface area contributed by atoms with Gasteiger partial charge in [-0.1, -0.05) is 0 Å². The van der Waals surface area contributed by atoms with Gasteiger partial charge in [-0.3, -0.25) is 4.79 Å². The summed E-state index contributed by atoms with van der Waals surface area (Å²) in [7, 11) is 0. The van der Waals surface area contributed by atoms with Crippen molar-refractivity contribution in [2.24, 2.45) is 0 Å². The number of nitrogens with zero attached hydrogens (tertiary/aromatic N) is 1. The molecule has 1 amide bonds. The van der Waals surface area contributed by atoms with Crippen molar-refractivity contribution in [1.29, 1.82) is 0 Å². The zero-order valence-electron chi connectivity index (χ0n) is 8.39. The molecule has 1 aliphatic heterocycles. The van der Waals surface area contributed by atoms with Crippen molar-refractivity contribution in [3.05, 3.63) is 29.8 Å². The fourth-order valence-electron chi connectivity index (χ4n) is 1.73. The molecule has 1 aromatic rings. The van der Waals surface area contributed by atoms with E-state index in [0.717, 1.165) is 0 Å². The smallest absolute Gasteiger partial charge is 0.253 e. The number of aliphatic hydroxyl groups excluding tert-OH is 1. The Morgan fingerprint density at radius 2 is 2.07 bits per heavy atom. The molecule has 1 atom stereocenters. The fourth-order valence-corrected chi connectivity index (χ4v) is 1.73. The highest BCUT2D eigenvalue weighted by atomic mass is 16.3. The molecule has 0 aliphatic carbocycles. The Morgan fingerprint density at radius 1 is 1.40 bits per heavy atom. The number of hydrogen-bond donors (Lipinski definition) is 2. The molecular weight excluding hydrogens is 192 g/mol. The van der Waals surface area contributed by atoms with E-state index in [1.54, 1.807) is 29.2 Å². The first kappa shape index (κ1) is 9.98. The van der Waals surface area contributed by atoms with E-state index >= 15 is 0 Å². The number of nitrogen functional groups attached to an aromatic ring is 1. The minimum atomic E-state index is -0.372.